The second kappa shape index (κ2) is 6.90. The van der Waals surface area contributed by atoms with Crippen LogP contribution in [-0.4, -0.2) is 44.0 Å². The molecule has 116 valence electrons. The van der Waals surface area contributed by atoms with E-state index in [0.29, 0.717) is 10.1 Å². The third-order valence-corrected chi connectivity index (χ3v) is 5.22. The topological polar surface area (TPSA) is 106 Å². The van der Waals surface area contributed by atoms with Gasteiger partial charge in [0.25, 0.3) is 0 Å². The molecule has 7 nitrogen and oxygen atoms in total. The van der Waals surface area contributed by atoms with Crippen LogP contribution in [-0.2, 0) is 9.59 Å². The number of aliphatic carboxylic acids is 1. The molecule has 0 aliphatic carbocycles. The van der Waals surface area contributed by atoms with Gasteiger partial charge in [0.05, 0.1) is 29.7 Å². The number of hydrogen-bond acceptors (Lipinski definition) is 7. The number of aliphatic hydroxyl groups is 1. The second-order valence-corrected chi connectivity index (χ2v) is 6.40. The molecule has 1 amide bonds. The van der Waals surface area contributed by atoms with Gasteiger partial charge < -0.3 is 19.9 Å². The van der Waals surface area contributed by atoms with E-state index >= 15 is 0 Å². The minimum Gasteiger partial charge on any atom is -0.543 e. The zero-order valence-corrected chi connectivity index (χ0v) is 15.8. The van der Waals surface area contributed by atoms with E-state index in [-0.39, 0.29) is 53.1 Å². The van der Waals surface area contributed by atoms with Gasteiger partial charge in [-0.25, -0.2) is 9.97 Å². The summed E-state index contributed by atoms with van der Waals surface area (Å²) in [4.78, 5) is 33.5. The molecule has 9 heteroatoms. The fourth-order valence-corrected chi connectivity index (χ4v) is 4.11. The standard InChI is InChI=1S/C14H15N3O4S.Na/c1-6-9-8(7(2)18)12(19)17(9)10(13(20)21)11(6)22-14-15-4-3-5-16-14;/h3-9,18H,1-2H3,(H,20,21);/q;+1/p-1. The fourth-order valence-electron chi connectivity index (χ4n) is 3.08. The van der Waals surface area contributed by atoms with Crippen LogP contribution >= 0.6 is 11.8 Å². The first-order valence-electron chi connectivity index (χ1n) is 6.85. The van der Waals surface area contributed by atoms with Crippen molar-refractivity contribution in [3.63, 3.8) is 0 Å². The van der Waals surface area contributed by atoms with Crippen molar-refractivity contribution in [1.29, 1.82) is 0 Å². The van der Waals surface area contributed by atoms with Crippen molar-refractivity contribution in [2.24, 2.45) is 11.8 Å². The summed E-state index contributed by atoms with van der Waals surface area (Å²) in [6.07, 6.45) is 2.30. The number of β-lactam (4-membered cyclic amide) rings is 1. The van der Waals surface area contributed by atoms with Crippen LogP contribution in [0.3, 0.4) is 0 Å². The summed E-state index contributed by atoms with van der Waals surface area (Å²) in [5, 5.41) is 21.6. The first-order chi connectivity index (χ1) is 10.4. The minimum absolute atomic E-state index is 0. The van der Waals surface area contributed by atoms with Gasteiger partial charge in [-0.15, -0.1) is 0 Å². The first kappa shape index (κ1) is 18.4. The average molecular weight is 343 g/mol. The van der Waals surface area contributed by atoms with Gasteiger partial charge in [-0.05, 0) is 13.0 Å². The maximum Gasteiger partial charge on any atom is 1.00 e. The van der Waals surface area contributed by atoms with Crippen molar-refractivity contribution in [2.45, 2.75) is 31.1 Å². The van der Waals surface area contributed by atoms with Crippen molar-refractivity contribution in [3.05, 3.63) is 29.1 Å². The Morgan fingerprint density at radius 2 is 2.04 bits per heavy atom. The zero-order valence-electron chi connectivity index (χ0n) is 13.0. The summed E-state index contributed by atoms with van der Waals surface area (Å²) in [6, 6.07) is 1.31. The molecule has 2 aliphatic rings. The van der Waals surface area contributed by atoms with Crippen molar-refractivity contribution < 1.29 is 49.4 Å². The molecule has 1 aromatic heterocycles. The Kier molecular flexibility index (Phi) is 5.52. The number of carboxylic acid groups (broad SMARTS) is 1. The van der Waals surface area contributed by atoms with Gasteiger partial charge in [0.15, 0.2) is 5.16 Å². The summed E-state index contributed by atoms with van der Waals surface area (Å²) in [7, 11) is 0. The smallest absolute Gasteiger partial charge is 0.543 e. The van der Waals surface area contributed by atoms with Gasteiger partial charge in [0, 0.05) is 23.2 Å². The summed E-state index contributed by atoms with van der Waals surface area (Å²) in [5.74, 6) is -2.58. The predicted molar refractivity (Wildman–Crippen MR) is 74.9 cm³/mol. The molecule has 23 heavy (non-hydrogen) atoms. The van der Waals surface area contributed by atoms with Crippen LogP contribution in [0, 0.1) is 11.8 Å². The van der Waals surface area contributed by atoms with Crippen LogP contribution in [0.2, 0.25) is 0 Å². The molecule has 4 atom stereocenters. The van der Waals surface area contributed by atoms with E-state index in [1.807, 2.05) is 6.92 Å². The number of aromatic nitrogens is 2. The van der Waals surface area contributed by atoms with Crippen molar-refractivity contribution >= 4 is 23.6 Å². The average Bonchev–Trinajstić information content (AvgIpc) is 2.70. The quantitative estimate of drug-likeness (QED) is 0.342. The normalized spacial score (nSPS) is 27.2. The molecular formula is C14H14N3NaO4S. The SMILES string of the molecule is CC(O)C1C(=O)N2C(C(=O)[O-])=C(Sc3ncccn3)C(C)C12.[Na+]. The Balaban J connectivity index is 0.00000192. The van der Waals surface area contributed by atoms with Crippen LogP contribution in [0.4, 0.5) is 0 Å². The van der Waals surface area contributed by atoms with Gasteiger partial charge >= 0.3 is 29.6 Å². The number of fused-ring (bicyclic) bond motifs is 1. The Bertz CT molecular complexity index is 667. The summed E-state index contributed by atoms with van der Waals surface area (Å²) in [5.41, 5.74) is -0.128. The summed E-state index contributed by atoms with van der Waals surface area (Å²) < 4.78 is 0. The van der Waals surface area contributed by atoms with Crippen LogP contribution in [0.15, 0.2) is 34.2 Å². The Morgan fingerprint density at radius 3 is 2.57 bits per heavy atom. The minimum atomic E-state index is -1.40. The molecule has 0 bridgehead atoms. The Hall–Kier alpha value is -0.930. The number of rotatable bonds is 4. The van der Waals surface area contributed by atoms with Gasteiger partial charge in [-0.1, -0.05) is 18.7 Å². The van der Waals surface area contributed by atoms with Crippen molar-refractivity contribution in [3.8, 4) is 0 Å². The van der Waals surface area contributed by atoms with Crippen LogP contribution < -0.4 is 34.7 Å². The molecule has 2 aliphatic heterocycles. The zero-order chi connectivity index (χ0) is 16.0. The fraction of sp³-hybridized carbons (Fsp3) is 0.429. The molecule has 0 radical (unpaired) electrons. The molecule has 0 aromatic carbocycles. The van der Waals surface area contributed by atoms with Crippen LogP contribution in [0.5, 0.6) is 0 Å². The van der Waals surface area contributed by atoms with Crippen LogP contribution in [0.1, 0.15) is 13.8 Å². The number of aliphatic hydroxyl groups excluding tert-OH is 1. The van der Waals surface area contributed by atoms with E-state index in [1.54, 1.807) is 18.5 Å². The molecule has 1 N–H and O–H groups in total. The van der Waals surface area contributed by atoms with E-state index in [0.717, 1.165) is 11.8 Å². The third-order valence-electron chi connectivity index (χ3n) is 4.05. The number of carboxylic acids is 1. The Labute approximate surface area is 159 Å². The number of nitrogens with zero attached hydrogens (tertiary/aromatic N) is 3. The molecule has 1 aromatic rings. The molecule has 4 unspecified atom stereocenters. The molecule has 3 rings (SSSR count). The third kappa shape index (κ3) is 2.94. The largest absolute Gasteiger partial charge is 1.00 e. The maximum atomic E-state index is 12.1. The van der Waals surface area contributed by atoms with E-state index in [9.17, 15) is 19.8 Å². The van der Waals surface area contributed by atoms with Gasteiger partial charge in [-0.3, -0.25) is 4.79 Å². The van der Waals surface area contributed by atoms with Crippen LogP contribution in [0.25, 0.3) is 0 Å². The van der Waals surface area contributed by atoms with E-state index < -0.39 is 18.0 Å². The van der Waals surface area contributed by atoms with Crippen molar-refractivity contribution in [1.82, 2.24) is 14.9 Å². The number of carbonyl (C=O) groups is 2. The molecule has 3 heterocycles. The molecule has 1 saturated heterocycles. The predicted octanol–water partition coefficient (Wildman–Crippen LogP) is -3.61. The number of amides is 1. The van der Waals surface area contributed by atoms with E-state index in [2.05, 4.69) is 9.97 Å². The number of hydrogen-bond donors (Lipinski definition) is 1. The number of thioether (sulfide) groups is 1. The monoisotopic (exact) mass is 343 g/mol. The summed E-state index contributed by atoms with van der Waals surface area (Å²) in [6.45, 7) is 3.37. The molecule has 1 fully saturated rings. The van der Waals surface area contributed by atoms with E-state index in [4.69, 9.17) is 0 Å². The maximum absolute atomic E-state index is 12.1. The van der Waals surface area contributed by atoms with E-state index in [1.165, 1.54) is 11.8 Å². The first-order valence-corrected chi connectivity index (χ1v) is 7.66. The van der Waals surface area contributed by atoms with Crippen molar-refractivity contribution in [2.75, 3.05) is 0 Å². The molecule has 0 spiro atoms. The number of carbonyl (C=O) groups excluding carboxylic acids is 2. The molecular weight excluding hydrogens is 329 g/mol. The van der Waals surface area contributed by atoms with Gasteiger partial charge in [-0.2, -0.15) is 0 Å². The van der Waals surface area contributed by atoms with Gasteiger partial charge in [0.1, 0.15) is 0 Å². The van der Waals surface area contributed by atoms with Gasteiger partial charge in [0.2, 0.25) is 5.91 Å². The Morgan fingerprint density at radius 1 is 1.43 bits per heavy atom. The molecule has 0 saturated carbocycles. The summed E-state index contributed by atoms with van der Waals surface area (Å²) >= 11 is 1.12. The second-order valence-electron chi connectivity index (χ2n) is 5.39.